The van der Waals surface area contributed by atoms with Gasteiger partial charge in [-0.3, -0.25) is 4.79 Å². The smallest absolute Gasteiger partial charge is 0.410 e. The van der Waals surface area contributed by atoms with Crippen molar-refractivity contribution in [3.05, 3.63) is 101 Å². The first-order valence-electron chi connectivity index (χ1n) is 15.3. The van der Waals surface area contributed by atoms with Gasteiger partial charge in [-0.25, -0.2) is 19.9 Å². The molecule has 1 aromatic heterocycles. The number of piperidine rings is 1. The number of nitrogens with zero attached hydrogens (tertiary/aromatic N) is 3. The molecule has 1 saturated carbocycles. The number of thiophene rings is 1. The summed E-state index contributed by atoms with van der Waals surface area (Å²) < 4.78 is 19.5. The van der Waals surface area contributed by atoms with E-state index >= 15 is 0 Å². The van der Waals surface area contributed by atoms with E-state index in [-0.39, 0.29) is 30.7 Å². The molecular formula is C34H41FN4O5S. The Labute approximate surface area is 267 Å². The van der Waals surface area contributed by atoms with Gasteiger partial charge in [-0.1, -0.05) is 24.3 Å². The number of anilines is 1. The molecule has 1 aliphatic carbocycles. The molecule has 3 atom stereocenters. The van der Waals surface area contributed by atoms with Crippen LogP contribution in [0.3, 0.4) is 0 Å². The Bertz CT molecular complexity index is 1410. The maximum absolute atomic E-state index is 13.8. The van der Waals surface area contributed by atoms with E-state index in [2.05, 4.69) is 38.8 Å². The summed E-state index contributed by atoms with van der Waals surface area (Å²) in [5.74, 6) is 0.166. The second-order valence-electron chi connectivity index (χ2n) is 11.9. The van der Waals surface area contributed by atoms with Gasteiger partial charge >= 0.3 is 6.09 Å². The van der Waals surface area contributed by atoms with Gasteiger partial charge in [0.05, 0.1) is 5.69 Å². The van der Waals surface area contributed by atoms with Crippen molar-refractivity contribution in [2.45, 2.75) is 50.3 Å². The number of nitrogens with one attached hydrogen (secondary N) is 1. The summed E-state index contributed by atoms with van der Waals surface area (Å²) in [5, 5.41) is 12.8. The minimum absolute atomic E-state index is 0.0547. The first-order chi connectivity index (χ1) is 21.9. The molecule has 2 aromatic carbocycles. The predicted molar refractivity (Wildman–Crippen MR) is 172 cm³/mol. The van der Waals surface area contributed by atoms with Gasteiger partial charge in [-0.15, -0.1) is 11.6 Å². The van der Waals surface area contributed by atoms with Crippen LogP contribution < -0.4 is 5.48 Å². The number of benzene rings is 2. The first kappa shape index (κ1) is 32.6. The van der Waals surface area contributed by atoms with Gasteiger partial charge in [-0.05, 0) is 95.8 Å². The number of halogens is 1. The molecule has 3 aromatic rings. The number of carbonyl (C=O) groups excluding carboxylic acids is 2. The molecule has 11 heteroatoms. The quantitative estimate of drug-likeness (QED) is 0.131. The largest absolute Gasteiger partial charge is 0.445 e. The van der Waals surface area contributed by atoms with Gasteiger partial charge in [0.2, 0.25) is 0 Å². The number of carbonyl (C=O) groups is 2. The third kappa shape index (κ3) is 8.29. The normalized spacial score (nSPS) is 20.5. The Morgan fingerprint density at radius 3 is 2.58 bits per heavy atom. The molecule has 9 nitrogen and oxygen atoms in total. The summed E-state index contributed by atoms with van der Waals surface area (Å²) in [4.78, 5) is 36.3. The van der Waals surface area contributed by atoms with E-state index < -0.39 is 5.82 Å². The molecule has 2 aliphatic rings. The molecular weight excluding hydrogens is 595 g/mol. The van der Waals surface area contributed by atoms with Crippen LogP contribution in [0.1, 0.15) is 53.1 Å². The first-order valence-corrected chi connectivity index (χ1v) is 16.3. The maximum Gasteiger partial charge on any atom is 0.410 e. The highest BCUT2D eigenvalue weighted by Crippen LogP contribution is 2.43. The lowest BCUT2D eigenvalue weighted by Crippen LogP contribution is -2.48. The molecule has 0 spiro atoms. The van der Waals surface area contributed by atoms with Gasteiger partial charge in [0.1, 0.15) is 12.4 Å². The molecule has 1 unspecified atom stereocenters. The molecule has 2 fully saturated rings. The van der Waals surface area contributed by atoms with Crippen LogP contribution in [0.25, 0.3) is 0 Å². The second kappa shape index (κ2) is 15.5. The van der Waals surface area contributed by atoms with Gasteiger partial charge in [0.25, 0.3) is 5.91 Å². The lowest BCUT2D eigenvalue weighted by Gasteiger charge is -2.39. The van der Waals surface area contributed by atoms with Crippen LogP contribution >= 0.6 is 11.3 Å². The van der Waals surface area contributed by atoms with E-state index in [9.17, 15) is 14.0 Å². The number of hydrogen-bond donors (Lipinski definition) is 2. The van der Waals surface area contributed by atoms with Crippen LogP contribution in [0.2, 0.25) is 0 Å². The van der Waals surface area contributed by atoms with Crippen molar-refractivity contribution in [3.8, 4) is 0 Å². The van der Waals surface area contributed by atoms with E-state index in [1.54, 1.807) is 63.6 Å². The summed E-state index contributed by atoms with van der Waals surface area (Å²) in [7, 11) is 1.84. The zero-order valence-corrected chi connectivity index (χ0v) is 26.3. The van der Waals surface area contributed by atoms with E-state index in [1.807, 2.05) is 7.05 Å². The molecule has 45 heavy (non-hydrogen) atoms. The van der Waals surface area contributed by atoms with Gasteiger partial charge in [-0.2, -0.15) is 11.3 Å². The molecule has 2 heterocycles. The zero-order chi connectivity index (χ0) is 31.8. The Kier molecular flexibility index (Phi) is 11.2. The molecule has 1 saturated heterocycles. The third-order valence-electron chi connectivity index (χ3n) is 9.11. The van der Waals surface area contributed by atoms with Crippen LogP contribution in [0.15, 0.2) is 78.0 Å². The highest BCUT2D eigenvalue weighted by molar-refractivity contribution is 7.08. The van der Waals surface area contributed by atoms with Crippen LogP contribution in [-0.2, 0) is 16.3 Å². The number of ether oxygens (including phenoxy) is 1. The maximum atomic E-state index is 13.8. The molecule has 2 N–H and O–H groups in total. The average Bonchev–Trinajstić information content (AvgIpc) is 3.74. The summed E-state index contributed by atoms with van der Waals surface area (Å²) in [6.45, 7) is 7.05. The molecule has 1 aliphatic heterocycles. The lowest BCUT2D eigenvalue weighted by atomic mass is 9.89. The second-order valence-corrected chi connectivity index (χ2v) is 12.7. The molecule has 0 bridgehead atoms. The van der Waals surface area contributed by atoms with Crippen molar-refractivity contribution in [2.24, 2.45) is 5.92 Å². The topological polar surface area (TPSA) is 94.6 Å². The Morgan fingerprint density at radius 2 is 1.91 bits per heavy atom. The fraction of sp³-hybridized carbons (Fsp3) is 0.412. The number of amides is 2. The van der Waals surface area contributed by atoms with Crippen LogP contribution in [-0.4, -0.2) is 77.3 Å². The van der Waals surface area contributed by atoms with Crippen molar-refractivity contribution >= 4 is 29.0 Å². The fourth-order valence-electron chi connectivity index (χ4n) is 6.71. The predicted octanol–water partition coefficient (Wildman–Crippen LogP) is 6.63. The Hall–Kier alpha value is -3.77. The van der Waals surface area contributed by atoms with Gasteiger partial charge < -0.3 is 19.4 Å². The summed E-state index contributed by atoms with van der Waals surface area (Å²) >= 11 is 1.69. The van der Waals surface area contributed by atoms with Gasteiger partial charge in [0, 0.05) is 50.9 Å². The Balaban J connectivity index is 1.17. The number of likely N-dealkylation sites (tertiary alicyclic amines) is 1. The van der Waals surface area contributed by atoms with E-state index in [0.717, 1.165) is 50.9 Å². The van der Waals surface area contributed by atoms with E-state index in [0.29, 0.717) is 29.6 Å². The average molecular weight is 637 g/mol. The number of rotatable bonds is 12. The monoisotopic (exact) mass is 636 g/mol. The van der Waals surface area contributed by atoms with Gasteiger partial charge in [0.15, 0.2) is 0 Å². The fourth-order valence-corrected chi connectivity index (χ4v) is 7.43. The SMILES string of the molecule is C=CCN(C(=O)OCc1ccc(NOO)cc1)C1CCN(C[C@H]2CC(N(C)C(=O)c3cccc(F)c3)C[C@@H]2c2ccsc2)CC1. The minimum Gasteiger partial charge on any atom is -0.445 e. The minimum atomic E-state index is -0.406. The van der Waals surface area contributed by atoms with Crippen molar-refractivity contribution < 1.29 is 29.0 Å². The summed E-state index contributed by atoms with van der Waals surface area (Å²) in [6, 6.07) is 15.2. The number of hydrogen-bond acceptors (Lipinski definition) is 8. The lowest BCUT2D eigenvalue weighted by molar-refractivity contribution is -0.215. The summed E-state index contributed by atoms with van der Waals surface area (Å²) in [6.07, 6.45) is 4.80. The standard InChI is InChI=1S/C34H41FN4O5S/c1-3-14-39(34(41)43-22-24-7-9-29(10-8-24)36-44-42)30-11-15-38(16-12-30)21-27-19-31(20-32(27)26-13-17-45-23-26)37(2)33(40)25-5-4-6-28(35)18-25/h3-10,13,17-18,23,27,30-32,36,42H,1,11-12,14-16,19-22H2,2H3/t27-,31?,32-/m1/s1. The van der Waals surface area contributed by atoms with Crippen molar-refractivity contribution in [2.75, 3.05) is 38.7 Å². The Morgan fingerprint density at radius 1 is 1.13 bits per heavy atom. The highest BCUT2D eigenvalue weighted by Gasteiger charge is 2.40. The van der Waals surface area contributed by atoms with Crippen molar-refractivity contribution in [1.29, 1.82) is 0 Å². The molecule has 2 amide bonds. The summed E-state index contributed by atoms with van der Waals surface area (Å²) in [5.41, 5.74) is 5.42. The molecule has 240 valence electrons. The highest BCUT2D eigenvalue weighted by atomic mass is 32.1. The van der Waals surface area contributed by atoms with E-state index in [4.69, 9.17) is 9.99 Å². The zero-order valence-electron chi connectivity index (χ0n) is 25.5. The third-order valence-corrected chi connectivity index (χ3v) is 9.81. The molecule has 5 rings (SSSR count). The van der Waals surface area contributed by atoms with E-state index in [1.165, 1.54) is 17.7 Å². The van der Waals surface area contributed by atoms with Crippen LogP contribution in [0.5, 0.6) is 0 Å². The van der Waals surface area contributed by atoms with Crippen LogP contribution in [0.4, 0.5) is 14.9 Å². The molecule has 0 radical (unpaired) electrons. The van der Waals surface area contributed by atoms with Crippen LogP contribution in [0, 0.1) is 11.7 Å². The van der Waals surface area contributed by atoms with Crippen molar-refractivity contribution in [3.63, 3.8) is 0 Å². The van der Waals surface area contributed by atoms with Crippen molar-refractivity contribution in [1.82, 2.24) is 14.7 Å².